The Morgan fingerprint density at radius 3 is 2.30 bits per heavy atom. The molecule has 0 radical (unpaired) electrons. The predicted molar refractivity (Wildman–Crippen MR) is 90.4 cm³/mol. The summed E-state index contributed by atoms with van der Waals surface area (Å²) in [6, 6.07) is 15.0. The molecule has 0 amide bonds. The second-order valence-corrected chi connectivity index (χ2v) is 7.14. The molecule has 0 unspecified atom stereocenters. The van der Waals surface area contributed by atoms with Crippen LogP contribution in [0.1, 0.15) is 0 Å². The topological polar surface area (TPSA) is 78.0 Å². The Morgan fingerprint density at radius 2 is 1.65 bits per heavy atom. The van der Waals surface area contributed by atoms with Crippen molar-refractivity contribution in [3.8, 4) is 16.9 Å². The Kier molecular flexibility index (Phi) is 4.16. The second kappa shape index (κ2) is 5.98. The van der Waals surface area contributed by atoms with Gasteiger partial charge in [-0.1, -0.05) is 47.5 Å². The molecule has 0 aliphatic rings. The summed E-state index contributed by atoms with van der Waals surface area (Å²) in [6.07, 6.45) is 0. The quantitative estimate of drug-likeness (QED) is 0.769. The maximum Gasteiger partial charge on any atom is 0.240 e. The monoisotopic (exact) mass is 367 g/mol. The van der Waals surface area contributed by atoms with Crippen LogP contribution in [0, 0.1) is 0 Å². The van der Waals surface area contributed by atoms with E-state index in [-0.39, 0.29) is 10.0 Å². The average Bonchev–Trinajstić information content (AvgIpc) is 2.89. The summed E-state index contributed by atoms with van der Waals surface area (Å²) >= 11 is 11.9. The van der Waals surface area contributed by atoms with Gasteiger partial charge in [0.25, 0.3) is 0 Å². The lowest BCUT2D eigenvalue weighted by Crippen LogP contribution is -2.16. The van der Waals surface area contributed by atoms with Crippen molar-refractivity contribution in [2.75, 3.05) is 0 Å². The highest BCUT2D eigenvalue weighted by Gasteiger charge is 2.19. The molecule has 8 heteroatoms. The van der Waals surface area contributed by atoms with Crippen LogP contribution >= 0.6 is 23.2 Å². The fourth-order valence-corrected chi connectivity index (χ4v) is 3.25. The smallest absolute Gasteiger partial charge is 0.230 e. The number of aromatic nitrogens is 2. The minimum absolute atomic E-state index is 0.0324. The van der Waals surface area contributed by atoms with Gasteiger partial charge in [0.2, 0.25) is 10.0 Å². The van der Waals surface area contributed by atoms with E-state index in [0.717, 1.165) is 5.56 Å². The maximum absolute atomic E-state index is 11.8. The van der Waals surface area contributed by atoms with E-state index in [0.29, 0.717) is 16.4 Å². The highest BCUT2D eigenvalue weighted by Crippen LogP contribution is 2.29. The van der Waals surface area contributed by atoms with Gasteiger partial charge in [-0.25, -0.2) is 18.2 Å². The Balaban J connectivity index is 2.25. The van der Waals surface area contributed by atoms with Crippen LogP contribution in [0.5, 0.6) is 0 Å². The molecule has 0 spiro atoms. The molecular weight excluding hydrogens is 357 g/mol. The van der Waals surface area contributed by atoms with Crippen molar-refractivity contribution in [2.24, 2.45) is 5.14 Å². The van der Waals surface area contributed by atoms with E-state index < -0.39 is 10.0 Å². The summed E-state index contributed by atoms with van der Waals surface area (Å²) in [5.74, 6) is 0. The molecule has 3 rings (SSSR count). The molecule has 0 saturated carbocycles. The third kappa shape index (κ3) is 3.25. The maximum atomic E-state index is 11.8. The van der Waals surface area contributed by atoms with Crippen molar-refractivity contribution in [2.45, 2.75) is 4.90 Å². The number of rotatable bonds is 3. The molecule has 3 aromatic rings. The molecule has 5 nitrogen and oxygen atoms in total. The van der Waals surface area contributed by atoms with E-state index in [4.69, 9.17) is 28.3 Å². The molecule has 118 valence electrons. The largest absolute Gasteiger partial charge is 0.240 e. The predicted octanol–water partition coefficient (Wildman–Crippen LogP) is 3.49. The molecule has 0 bridgehead atoms. The Hall–Kier alpha value is -1.86. The molecule has 0 atom stereocenters. The zero-order valence-corrected chi connectivity index (χ0v) is 14.0. The molecule has 0 aliphatic heterocycles. The summed E-state index contributed by atoms with van der Waals surface area (Å²) < 4.78 is 25.1. The lowest BCUT2D eigenvalue weighted by Gasteiger charge is -2.11. The van der Waals surface area contributed by atoms with Gasteiger partial charge in [0.05, 0.1) is 11.4 Å². The summed E-state index contributed by atoms with van der Waals surface area (Å²) in [7, 11) is -3.90. The SMILES string of the molecule is NS(=O)(=O)c1ccccc1-n1nc(Cl)cc1-c1ccc(Cl)cc1. The van der Waals surface area contributed by atoms with E-state index in [1.54, 1.807) is 48.5 Å². The van der Waals surface area contributed by atoms with Crippen LogP contribution in [-0.4, -0.2) is 18.2 Å². The van der Waals surface area contributed by atoms with Crippen molar-refractivity contribution in [1.82, 2.24) is 9.78 Å². The van der Waals surface area contributed by atoms with Gasteiger partial charge in [-0.2, -0.15) is 5.10 Å². The van der Waals surface area contributed by atoms with E-state index in [2.05, 4.69) is 5.10 Å². The summed E-state index contributed by atoms with van der Waals surface area (Å²) in [5, 5.41) is 10.3. The van der Waals surface area contributed by atoms with Crippen LogP contribution in [0.4, 0.5) is 0 Å². The zero-order valence-electron chi connectivity index (χ0n) is 11.6. The number of hydrogen-bond acceptors (Lipinski definition) is 3. The van der Waals surface area contributed by atoms with Crippen molar-refractivity contribution >= 4 is 33.2 Å². The third-order valence-electron chi connectivity index (χ3n) is 3.22. The Morgan fingerprint density at radius 1 is 1.00 bits per heavy atom. The Bertz CT molecular complexity index is 967. The molecule has 0 saturated heterocycles. The summed E-state index contributed by atoms with van der Waals surface area (Å²) in [6.45, 7) is 0. The number of primary sulfonamides is 1. The first-order valence-corrected chi connectivity index (χ1v) is 8.80. The first kappa shape index (κ1) is 16.0. The van der Waals surface area contributed by atoms with E-state index in [1.165, 1.54) is 10.7 Å². The second-order valence-electron chi connectivity index (χ2n) is 4.78. The molecule has 1 heterocycles. The lowest BCUT2D eigenvalue weighted by molar-refractivity contribution is 0.596. The Labute approximate surface area is 143 Å². The highest BCUT2D eigenvalue weighted by molar-refractivity contribution is 7.89. The van der Waals surface area contributed by atoms with Gasteiger partial charge >= 0.3 is 0 Å². The van der Waals surface area contributed by atoms with E-state index in [1.807, 2.05) is 0 Å². The molecule has 0 fully saturated rings. The van der Waals surface area contributed by atoms with Crippen LogP contribution in [0.25, 0.3) is 16.9 Å². The van der Waals surface area contributed by atoms with Gasteiger partial charge in [0.15, 0.2) is 5.15 Å². The van der Waals surface area contributed by atoms with Crippen molar-refractivity contribution in [3.63, 3.8) is 0 Å². The normalized spacial score (nSPS) is 11.6. The van der Waals surface area contributed by atoms with Crippen LogP contribution < -0.4 is 5.14 Å². The molecule has 0 aliphatic carbocycles. The van der Waals surface area contributed by atoms with Gasteiger partial charge in [-0.15, -0.1) is 0 Å². The van der Waals surface area contributed by atoms with Crippen molar-refractivity contribution in [3.05, 3.63) is 64.8 Å². The third-order valence-corrected chi connectivity index (χ3v) is 4.61. The zero-order chi connectivity index (χ0) is 16.6. The van der Waals surface area contributed by atoms with Crippen LogP contribution in [0.15, 0.2) is 59.5 Å². The molecular formula is C15H11Cl2N3O2S. The van der Waals surface area contributed by atoms with Crippen LogP contribution in [0.3, 0.4) is 0 Å². The number of nitrogens with two attached hydrogens (primary N) is 1. The van der Waals surface area contributed by atoms with Crippen molar-refractivity contribution in [1.29, 1.82) is 0 Å². The number of sulfonamides is 1. The van der Waals surface area contributed by atoms with Gasteiger partial charge in [-0.3, -0.25) is 0 Å². The van der Waals surface area contributed by atoms with E-state index in [9.17, 15) is 8.42 Å². The molecule has 2 aromatic carbocycles. The number of halogens is 2. The van der Waals surface area contributed by atoms with Gasteiger partial charge < -0.3 is 0 Å². The van der Waals surface area contributed by atoms with Crippen LogP contribution in [-0.2, 0) is 10.0 Å². The highest BCUT2D eigenvalue weighted by atomic mass is 35.5. The summed E-state index contributed by atoms with van der Waals surface area (Å²) in [5.41, 5.74) is 1.74. The van der Waals surface area contributed by atoms with Crippen molar-refractivity contribution < 1.29 is 8.42 Å². The minimum atomic E-state index is -3.90. The minimum Gasteiger partial charge on any atom is -0.230 e. The lowest BCUT2D eigenvalue weighted by atomic mass is 10.1. The molecule has 1 aromatic heterocycles. The standard InChI is InChI=1S/C15H11Cl2N3O2S/c16-11-7-5-10(6-8-11)13-9-15(17)19-20(13)12-3-1-2-4-14(12)23(18,21)22/h1-9H,(H2,18,21,22). The number of nitrogens with zero attached hydrogens (tertiary/aromatic N) is 2. The number of benzene rings is 2. The summed E-state index contributed by atoms with van der Waals surface area (Å²) in [4.78, 5) is -0.0324. The fourth-order valence-electron chi connectivity index (χ4n) is 2.23. The first-order chi connectivity index (χ1) is 10.9. The van der Waals surface area contributed by atoms with E-state index >= 15 is 0 Å². The average molecular weight is 368 g/mol. The van der Waals surface area contributed by atoms with Gasteiger partial charge in [0, 0.05) is 16.7 Å². The number of hydrogen-bond donors (Lipinski definition) is 1. The first-order valence-electron chi connectivity index (χ1n) is 6.50. The van der Waals surface area contributed by atoms with Crippen LogP contribution in [0.2, 0.25) is 10.2 Å². The van der Waals surface area contributed by atoms with Gasteiger partial charge in [0.1, 0.15) is 4.90 Å². The fraction of sp³-hybridized carbons (Fsp3) is 0. The molecule has 2 N–H and O–H groups in total. The van der Waals surface area contributed by atoms with Gasteiger partial charge in [-0.05, 0) is 24.3 Å². The number of para-hydroxylation sites is 1. The molecule has 23 heavy (non-hydrogen) atoms.